The summed E-state index contributed by atoms with van der Waals surface area (Å²) in [6.45, 7) is 0.851. The zero-order chi connectivity index (χ0) is 23.8. The highest BCUT2D eigenvalue weighted by molar-refractivity contribution is 8.21. The summed E-state index contributed by atoms with van der Waals surface area (Å²) in [5, 5.41) is 22.7. The largest absolute Gasteiger partial charge is 0.480 e. The summed E-state index contributed by atoms with van der Waals surface area (Å²) < 4.78 is -0.278. The van der Waals surface area contributed by atoms with Gasteiger partial charge in [0.2, 0.25) is 5.91 Å². The second-order valence-corrected chi connectivity index (χ2v) is 11.8. The number of carboxylic acid groups (broad SMARTS) is 2. The number of thioether (sulfide) groups is 2. The molecule has 2 saturated heterocycles. The van der Waals surface area contributed by atoms with Crippen molar-refractivity contribution in [3.05, 3.63) is 35.9 Å². The molecule has 1 spiro atoms. The molecule has 190 valence electrons. The van der Waals surface area contributed by atoms with Gasteiger partial charge >= 0.3 is 11.9 Å². The van der Waals surface area contributed by atoms with Gasteiger partial charge in [-0.05, 0) is 37.8 Å². The van der Waals surface area contributed by atoms with E-state index < -0.39 is 30.1 Å². The molecule has 0 radical (unpaired) electrons. The Morgan fingerprint density at radius 1 is 1.09 bits per heavy atom. The molecule has 1 amide bonds. The van der Waals surface area contributed by atoms with Gasteiger partial charge in [-0.1, -0.05) is 36.8 Å². The van der Waals surface area contributed by atoms with Crippen LogP contribution in [0.1, 0.15) is 37.7 Å². The number of nitrogens with zero attached hydrogens (tertiary/aromatic N) is 1. The molecule has 3 atom stereocenters. The van der Waals surface area contributed by atoms with Gasteiger partial charge in [0.25, 0.3) is 0 Å². The van der Waals surface area contributed by atoms with Crippen LogP contribution in [0.4, 0.5) is 0 Å². The first-order valence-electron chi connectivity index (χ1n) is 11.4. The van der Waals surface area contributed by atoms with Crippen molar-refractivity contribution in [2.24, 2.45) is 5.73 Å². The fraction of sp³-hybridized carbons (Fsp3) is 0.609. The lowest BCUT2D eigenvalue weighted by molar-refractivity contribution is -0.149. The van der Waals surface area contributed by atoms with E-state index in [1.807, 2.05) is 30.3 Å². The number of aryl methyl sites for hydroxylation is 1. The second-order valence-electron chi connectivity index (χ2n) is 8.55. The van der Waals surface area contributed by atoms with E-state index in [0.717, 1.165) is 17.1 Å². The number of carbonyl (C=O) groups is 3. The lowest BCUT2D eigenvalue weighted by Crippen LogP contribution is -2.54. The Hall–Kier alpha value is -1.79. The minimum atomic E-state index is -1.02. The number of amides is 1. The standard InChI is InChI=1S/C23H33N3O5S2.H2O/c24-11-5-4-8-17(25-18(21(28)29)10-9-16-6-2-1-3-7-16)20(27)26-15-23(32-12-13-33-23)14-19(26)22(30)31;/h1-3,6-7,17-19,25H,4-5,8-15,24H2,(H,28,29)(H,30,31);1H2/t17-,18-,19-;/m0./s1. The van der Waals surface area contributed by atoms with E-state index in [1.165, 1.54) is 4.90 Å². The minimum Gasteiger partial charge on any atom is -0.480 e. The number of likely N-dealkylation sites (tertiary alicyclic amines) is 1. The van der Waals surface area contributed by atoms with Gasteiger partial charge in [0, 0.05) is 24.5 Å². The molecule has 3 rings (SSSR count). The molecule has 0 bridgehead atoms. The zero-order valence-electron chi connectivity index (χ0n) is 19.2. The van der Waals surface area contributed by atoms with Crippen molar-refractivity contribution in [3.63, 3.8) is 0 Å². The summed E-state index contributed by atoms with van der Waals surface area (Å²) in [6, 6.07) is 7.06. The molecular weight excluding hydrogens is 478 g/mol. The third-order valence-electron chi connectivity index (χ3n) is 6.18. The Bertz CT molecular complexity index is 822. The first-order chi connectivity index (χ1) is 15.8. The van der Waals surface area contributed by atoms with Gasteiger partial charge in [-0.15, -0.1) is 23.5 Å². The number of carboxylic acids is 2. The number of hydrogen-bond acceptors (Lipinski definition) is 7. The maximum absolute atomic E-state index is 13.6. The van der Waals surface area contributed by atoms with E-state index >= 15 is 0 Å². The summed E-state index contributed by atoms with van der Waals surface area (Å²) in [5.41, 5.74) is 6.65. The molecule has 2 aliphatic rings. The van der Waals surface area contributed by atoms with E-state index in [0.29, 0.717) is 51.6 Å². The number of aliphatic carboxylic acids is 2. The average molecular weight is 514 g/mol. The SMILES string of the molecule is NCCCC[C@H](N[C@@H](CCc1ccccc1)C(=O)O)C(=O)N1CC2(C[C@H]1C(=O)O)SCCS2.O. The van der Waals surface area contributed by atoms with Crippen LogP contribution in [0.25, 0.3) is 0 Å². The number of nitrogens with two attached hydrogens (primary N) is 1. The van der Waals surface area contributed by atoms with Crippen LogP contribution < -0.4 is 11.1 Å². The first kappa shape index (κ1) is 28.4. The molecule has 7 N–H and O–H groups in total. The Morgan fingerprint density at radius 3 is 2.35 bits per heavy atom. The van der Waals surface area contributed by atoms with Crippen LogP contribution in [0.15, 0.2) is 30.3 Å². The molecule has 34 heavy (non-hydrogen) atoms. The van der Waals surface area contributed by atoms with Crippen LogP contribution in [0.5, 0.6) is 0 Å². The van der Waals surface area contributed by atoms with E-state index in [1.54, 1.807) is 23.5 Å². The molecule has 1 aromatic carbocycles. The number of rotatable bonds is 12. The first-order valence-corrected chi connectivity index (χ1v) is 13.4. The third kappa shape index (κ3) is 7.35. The summed E-state index contributed by atoms with van der Waals surface area (Å²) in [6.07, 6.45) is 3.09. The predicted octanol–water partition coefficient (Wildman–Crippen LogP) is 1.20. The van der Waals surface area contributed by atoms with Gasteiger partial charge in [0.05, 0.1) is 10.1 Å². The number of benzene rings is 1. The van der Waals surface area contributed by atoms with E-state index in [-0.39, 0.29) is 15.5 Å². The van der Waals surface area contributed by atoms with Gasteiger partial charge in [0.15, 0.2) is 0 Å². The van der Waals surface area contributed by atoms with Crippen molar-refractivity contribution in [1.29, 1.82) is 0 Å². The van der Waals surface area contributed by atoms with Gasteiger partial charge in [-0.3, -0.25) is 14.9 Å². The van der Waals surface area contributed by atoms with Gasteiger partial charge < -0.3 is 26.3 Å². The number of nitrogens with one attached hydrogen (secondary N) is 1. The molecule has 2 heterocycles. The summed E-state index contributed by atoms with van der Waals surface area (Å²) in [5.74, 6) is -0.462. The maximum atomic E-state index is 13.6. The molecular formula is C23H35N3O6S2. The van der Waals surface area contributed by atoms with Crippen molar-refractivity contribution in [2.75, 3.05) is 24.6 Å². The van der Waals surface area contributed by atoms with Crippen LogP contribution in [-0.4, -0.2) is 85.2 Å². The normalized spacial score (nSPS) is 20.6. The smallest absolute Gasteiger partial charge is 0.326 e. The van der Waals surface area contributed by atoms with Crippen molar-refractivity contribution >= 4 is 41.4 Å². The van der Waals surface area contributed by atoms with Crippen LogP contribution >= 0.6 is 23.5 Å². The number of hydrogen-bond donors (Lipinski definition) is 4. The Kier molecular flexibility index (Phi) is 11.2. The average Bonchev–Trinajstić information content (AvgIpc) is 3.42. The third-order valence-corrected chi connectivity index (χ3v) is 9.61. The number of unbranched alkanes of at least 4 members (excludes halogenated alkanes) is 1. The monoisotopic (exact) mass is 513 g/mol. The molecule has 0 saturated carbocycles. The minimum absolute atomic E-state index is 0. The lowest BCUT2D eigenvalue weighted by Gasteiger charge is -2.30. The van der Waals surface area contributed by atoms with Crippen LogP contribution in [0, 0.1) is 0 Å². The van der Waals surface area contributed by atoms with Crippen molar-refractivity contribution in [1.82, 2.24) is 10.2 Å². The molecule has 9 nitrogen and oxygen atoms in total. The predicted molar refractivity (Wildman–Crippen MR) is 135 cm³/mol. The van der Waals surface area contributed by atoms with E-state index in [9.17, 15) is 24.6 Å². The fourth-order valence-electron chi connectivity index (χ4n) is 4.45. The topological polar surface area (TPSA) is 164 Å². The fourth-order valence-corrected chi connectivity index (χ4v) is 7.70. The molecule has 1 aromatic rings. The molecule has 2 aliphatic heterocycles. The summed E-state index contributed by atoms with van der Waals surface area (Å²) in [4.78, 5) is 39.0. The molecule has 0 aliphatic carbocycles. The highest BCUT2D eigenvalue weighted by atomic mass is 32.2. The van der Waals surface area contributed by atoms with Crippen LogP contribution in [0.2, 0.25) is 0 Å². The highest BCUT2D eigenvalue weighted by Gasteiger charge is 2.52. The summed E-state index contributed by atoms with van der Waals surface area (Å²) >= 11 is 3.45. The number of carbonyl (C=O) groups excluding carboxylic acids is 1. The van der Waals surface area contributed by atoms with Gasteiger partial charge in [-0.2, -0.15) is 0 Å². The Balaban J connectivity index is 0.00000408. The van der Waals surface area contributed by atoms with Crippen molar-refractivity contribution in [3.8, 4) is 0 Å². The second kappa shape index (κ2) is 13.3. The zero-order valence-corrected chi connectivity index (χ0v) is 20.8. The van der Waals surface area contributed by atoms with Crippen LogP contribution in [0.3, 0.4) is 0 Å². The highest BCUT2D eigenvalue weighted by Crippen LogP contribution is 2.51. The molecule has 11 heteroatoms. The molecule has 0 unspecified atom stereocenters. The van der Waals surface area contributed by atoms with Crippen molar-refractivity contribution < 1.29 is 30.1 Å². The lowest BCUT2D eigenvalue weighted by atomic mass is 10.0. The summed E-state index contributed by atoms with van der Waals surface area (Å²) in [7, 11) is 0. The Labute approximate surface area is 208 Å². The van der Waals surface area contributed by atoms with Crippen LogP contribution in [-0.2, 0) is 20.8 Å². The molecule has 0 aromatic heterocycles. The van der Waals surface area contributed by atoms with Gasteiger partial charge in [-0.25, -0.2) is 4.79 Å². The Morgan fingerprint density at radius 2 is 1.76 bits per heavy atom. The van der Waals surface area contributed by atoms with E-state index in [4.69, 9.17) is 5.73 Å². The van der Waals surface area contributed by atoms with Crippen molar-refractivity contribution in [2.45, 2.75) is 60.7 Å². The van der Waals surface area contributed by atoms with Gasteiger partial charge in [0.1, 0.15) is 12.1 Å². The van der Waals surface area contributed by atoms with E-state index in [2.05, 4.69) is 5.32 Å². The molecule has 2 fully saturated rings. The maximum Gasteiger partial charge on any atom is 0.326 e. The quantitative estimate of drug-likeness (QED) is 0.300.